The zero-order valence-electron chi connectivity index (χ0n) is 13.7. The van der Waals surface area contributed by atoms with Gasteiger partial charge in [-0.05, 0) is 52.0 Å². The Labute approximate surface area is 127 Å². The van der Waals surface area contributed by atoms with E-state index in [1.807, 2.05) is 0 Å². The molecule has 0 spiro atoms. The van der Waals surface area contributed by atoms with Crippen molar-refractivity contribution in [2.75, 3.05) is 18.0 Å². The van der Waals surface area contributed by atoms with Crippen LogP contribution in [0.2, 0.25) is 0 Å². The Morgan fingerprint density at radius 2 is 2.10 bits per heavy atom. The standard InChI is InChI=1S/C17H28FN3/c1-5-8-21(12-13-6-7-13)16-14(9-15(18)11-19-16)10-20-17(2,3)4/h9,11,13,20H,5-8,10,12H2,1-4H3. The summed E-state index contributed by atoms with van der Waals surface area (Å²) in [7, 11) is 0. The number of anilines is 1. The zero-order valence-corrected chi connectivity index (χ0v) is 13.7. The van der Waals surface area contributed by atoms with Crippen LogP contribution in [-0.2, 0) is 6.54 Å². The van der Waals surface area contributed by atoms with Crippen molar-refractivity contribution < 1.29 is 4.39 Å². The van der Waals surface area contributed by atoms with E-state index in [1.165, 1.54) is 19.0 Å². The summed E-state index contributed by atoms with van der Waals surface area (Å²) in [5.74, 6) is 1.49. The minimum Gasteiger partial charge on any atom is -0.356 e. The lowest BCUT2D eigenvalue weighted by Gasteiger charge is -2.27. The van der Waals surface area contributed by atoms with Crippen molar-refractivity contribution in [2.24, 2.45) is 5.92 Å². The van der Waals surface area contributed by atoms with Gasteiger partial charge < -0.3 is 10.2 Å². The van der Waals surface area contributed by atoms with Gasteiger partial charge in [-0.2, -0.15) is 0 Å². The number of rotatable bonds is 7. The molecule has 0 saturated heterocycles. The number of nitrogens with one attached hydrogen (secondary N) is 1. The average molecular weight is 293 g/mol. The van der Waals surface area contributed by atoms with Crippen LogP contribution in [0.3, 0.4) is 0 Å². The van der Waals surface area contributed by atoms with Gasteiger partial charge in [-0.15, -0.1) is 0 Å². The van der Waals surface area contributed by atoms with Crippen LogP contribution in [0.15, 0.2) is 12.3 Å². The molecule has 0 aromatic carbocycles. The molecular formula is C17H28FN3. The first-order chi connectivity index (χ1) is 9.89. The SMILES string of the molecule is CCCN(CC1CC1)c1ncc(F)cc1CNC(C)(C)C. The number of nitrogens with zero attached hydrogens (tertiary/aromatic N) is 2. The van der Waals surface area contributed by atoms with Crippen LogP contribution in [0.25, 0.3) is 0 Å². The summed E-state index contributed by atoms with van der Waals surface area (Å²) in [4.78, 5) is 6.72. The molecule has 1 saturated carbocycles. The number of halogens is 1. The molecule has 1 heterocycles. The van der Waals surface area contributed by atoms with Crippen LogP contribution in [0.5, 0.6) is 0 Å². The molecule has 1 aromatic heterocycles. The molecule has 0 radical (unpaired) electrons. The molecule has 1 fully saturated rings. The van der Waals surface area contributed by atoms with E-state index >= 15 is 0 Å². The highest BCUT2D eigenvalue weighted by atomic mass is 19.1. The zero-order chi connectivity index (χ0) is 15.5. The van der Waals surface area contributed by atoms with E-state index in [-0.39, 0.29) is 11.4 Å². The van der Waals surface area contributed by atoms with Crippen LogP contribution < -0.4 is 10.2 Å². The van der Waals surface area contributed by atoms with E-state index in [0.717, 1.165) is 36.8 Å². The molecule has 0 aliphatic heterocycles. The third kappa shape index (κ3) is 5.27. The quantitative estimate of drug-likeness (QED) is 0.830. The van der Waals surface area contributed by atoms with Gasteiger partial charge in [-0.3, -0.25) is 0 Å². The molecule has 0 bridgehead atoms. The van der Waals surface area contributed by atoms with Gasteiger partial charge in [-0.1, -0.05) is 6.92 Å². The van der Waals surface area contributed by atoms with Gasteiger partial charge in [0.1, 0.15) is 11.6 Å². The highest BCUT2D eigenvalue weighted by Gasteiger charge is 2.26. The highest BCUT2D eigenvalue weighted by Crippen LogP contribution is 2.32. The topological polar surface area (TPSA) is 28.2 Å². The van der Waals surface area contributed by atoms with Crippen LogP contribution >= 0.6 is 0 Å². The van der Waals surface area contributed by atoms with E-state index in [1.54, 1.807) is 6.07 Å². The third-order valence-electron chi connectivity index (χ3n) is 3.69. The number of hydrogen-bond acceptors (Lipinski definition) is 3. The molecule has 1 aliphatic rings. The Bertz CT molecular complexity index is 464. The van der Waals surface area contributed by atoms with Crippen molar-refractivity contribution in [1.29, 1.82) is 0 Å². The van der Waals surface area contributed by atoms with Crippen LogP contribution in [-0.4, -0.2) is 23.6 Å². The molecule has 1 aliphatic carbocycles. The molecule has 3 nitrogen and oxygen atoms in total. The summed E-state index contributed by atoms with van der Waals surface area (Å²) >= 11 is 0. The van der Waals surface area contributed by atoms with Gasteiger partial charge in [0.05, 0.1) is 6.20 Å². The summed E-state index contributed by atoms with van der Waals surface area (Å²) in [6.07, 6.45) is 5.05. The second-order valence-electron chi connectivity index (χ2n) is 7.13. The fourth-order valence-corrected chi connectivity index (χ4v) is 2.41. The minimum atomic E-state index is -0.257. The summed E-state index contributed by atoms with van der Waals surface area (Å²) in [6, 6.07) is 1.62. The summed E-state index contributed by atoms with van der Waals surface area (Å²) in [6.45, 7) is 11.2. The molecule has 4 heteroatoms. The van der Waals surface area contributed by atoms with Gasteiger partial charge in [0, 0.05) is 30.7 Å². The van der Waals surface area contributed by atoms with E-state index < -0.39 is 0 Å². The number of pyridine rings is 1. The maximum absolute atomic E-state index is 13.6. The second-order valence-corrected chi connectivity index (χ2v) is 7.13. The summed E-state index contributed by atoms with van der Waals surface area (Å²) in [5, 5.41) is 3.44. The normalized spacial score (nSPS) is 15.3. The van der Waals surface area contributed by atoms with Crippen LogP contribution in [0.4, 0.5) is 10.2 Å². The first-order valence-electron chi connectivity index (χ1n) is 8.03. The second kappa shape index (κ2) is 6.73. The smallest absolute Gasteiger partial charge is 0.141 e. The van der Waals surface area contributed by atoms with Crippen LogP contribution in [0.1, 0.15) is 52.5 Å². The molecule has 0 amide bonds. The molecule has 1 aromatic rings. The first-order valence-corrected chi connectivity index (χ1v) is 8.03. The molecular weight excluding hydrogens is 265 g/mol. The van der Waals surface area contributed by atoms with Crippen molar-refractivity contribution >= 4 is 5.82 Å². The number of aromatic nitrogens is 1. The number of hydrogen-bond donors (Lipinski definition) is 1. The van der Waals surface area contributed by atoms with Crippen molar-refractivity contribution in [3.63, 3.8) is 0 Å². The fourth-order valence-electron chi connectivity index (χ4n) is 2.41. The van der Waals surface area contributed by atoms with Crippen molar-refractivity contribution in [3.05, 3.63) is 23.6 Å². The molecule has 1 N–H and O–H groups in total. The largest absolute Gasteiger partial charge is 0.356 e. The maximum atomic E-state index is 13.6. The van der Waals surface area contributed by atoms with E-state index in [4.69, 9.17) is 0 Å². The average Bonchev–Trinajstić information content (AvgIpc) is 3.19. The van der Waals surface area contributed by atoms with Crippen molar-refractivity contribution in [2.45, 2.75) is 59.0 Å². The molecule has 118 valence electrons. The Kier molecular flexibility index (Phi) is 5.20. The van der Waals surface area contributed by atoms with Gasteiger partial charge in [0.15, 0.2) is 0 Å². The van der Waals surface area contributed by atoms with Crippen molar-refractivity contribution in [1.82, 2.24) is 10.3 Å². The Hall–Kier alpha value is -1.16. The monoisotopic (exact) mass is 293 g/mol. The molecule has 21 heavy (non-hydrogen) atoms. The van der Waals surface area contributed by atoms with Gasteiger partial charge in [0.25, 0.3) is 0 Å². The van der Waals surface area contributed by atoms with E-state index in [9.17, 15) is 4.39 Å². The third-order valence-corrected chi connectivity index (χ3v) is 3.69. The fraction of sp³-hybridized carbons (Fsp3) is 0.706. The Morgan fingerprint density at radius 1 is 1.38 bits per heavy atom. The summed E-state index contributed by atoms with van der Waals surface area (Å²) < 4.78 is 13.6. The first kappa shape index (κ1) is 16.2. The highest BCUT2D eigenvalue weighted by molar-refractivity contribution is 5.47. The minimum absolute atomic E-state index is 0.00959. The van der Waals surface area contributed by atoms with E-state index in [0.29, 0.717) is 6.54 Å². The van der Waals surface area contributed by atoms with Gasteiger partial charge >= 0.3 is 0 Å². The predicted molar refractivity (Wildman–Crippen MR) is 86.0 cm³/mol. The lowest BCUT2D eigenvalue weighted by molar-refractivity contribution is 0.423. The molecule has 2 rings (SSSR count). The molecule has 0 unspecified atom stereocenters. The Balaban J connectivity index is 2.18. The van der Waals surface area contributed by atoms with Gasteiger partial charge in [0.2, 0.25) is 0 Å². The van der Waals surface area contributed by atoms with Crippen LogP contribution in [0, 0.1) is 11.7 Å². The van der Waals surface area contributed by atoms with E-state index in [2.05, 4.69) is 42.9 Å². The van der Waals surface area contributed by atoms with Gasteiger partial charge in [-0.25, -0.2) is 9.37 Å². The molecule has 0 atom stereocenters. The Morgan fingerprint density at radius 3 is 2.67 bits per heavy atom. The van der Waals surface area contributed by atoms with Crippen molar-refractivity contribution in [3.8, 4) is 0 Å². The predicted octanol–water partition coefficient (Wildman–Crippen LogP) is 3.74. The lowest BCUT2D eigenvalue weighted by Crippen LogP contribution is -2.36. The maximum Gasteiger partial charge on any atom is 0.141 e. The lowest BCUT2D eigenvalue weighted by atomic mass is 10.1. The summed E-state index contributed by atoms with van der Waals surface area (Å²) in [5.41, 5.74) is 0.967.